The molecule has 0 atom stereocenters. The monoisotopic (exact) mass is 774 g/mol. The highest BCUT2D eigenvalue weighted by molar-refractivity contribution is 9.11. The van der Waals surface area contributed by atoms with Gasteiger partial charge in [-0.1, -0.05) is 52.4 Å². The van der Waals surface area contributed by atoms with Crippen LogP contribution in [0.15, 0.2) is 19.7 Å². The predicted molar refractivity (Wildman–Crippen MR) is 175 cm³/mol. The second-order valence-corrected chi connectivity index (χ2v) is 16.4. The molecule has 0 saturated heterocycles. The number of halogens is 6. The molecule has 43 heavy (non-hydrogen) atoms. The summed E-state index contributed by atoms with van der Waals surface area (Å²) in [5, 5.41) is 0. The highest BCUT2D eigenvalue weighted by Gasteiger charge is 2.43. The molecule has 2 nitrogen and oxygen atoms in total. The van der Waals surface area contributed by atoms with Crippen molar-refractivity contribution < 1.29 is 27.2 Å². The van der Waals surface area contributed by atoms with Crippen molar-refractivity contribution in [3.8, 4) is 19.5 Å². The van der Waals surface area contributed by atoms with Crippen LogP contribution in [0.25, 0.3) is 19.5 Å². The second-order valence-electron chi connectivity index (χ2n) is 10.6. The van der Waals surface area contributed by atoms with Gasteiger partial charge in [-0.3, -0.25) is 9.59 Å². The van der Waals surface area contributed by atoms with Crippen LogP contribution in [0, 0.1) is 23.3 Å². The number of thiophene rings is 3. The van der Waals surface area contributed by atoms with E-state index in [1.165, 1.54) is 34.0 Å². The van der Waals surface area contributed by atoms with Crippen molar-refractivity contribution in [3.05, 3.63) is 76.4 Å². The first kappa shape index (κ1) is 32.7. The average Bonchev–Trinajstić information content (AvgIpc) is 3.67. The molecule has 0 fully saturated rings. The van der Waals surface area contributed by atoms with Crippen LogP contribution in [0.5, 0.6) is 0 Å². The number of hydrogen-bond acceptors (Lipinski definition) is 5. The Bertz CT molecular complexity index is 1600. The van der Waals surface area contributed by atoms with Crippen LogP contribution in [-0.2, 0) is 12.8 Å². The highest BCUT2D eigenvalue weighted by atomic mass is 79.9. The number of ketones is 2. The zero-order valence-corrected chi connectivity index (χ0v) is 29.2. The third-order valence-electron chi connectivity index (χ3n) is 7.65. The van der Waals surface area contributed by atoms with Gasteiger partial charge in [0.2, 0.25) is 0 Å². The van der Waals surface area contributed by atoms with Gasteiger partial charge in [0.05, 0.1) is 39.6 Å². The van der Waals surface area contributed by atoms with Crippen LogP contribution in [0.1, 0.15) is 108 Å². The van der Waals surface area contributed by atoms with Gasteiger partial charge in [0, 0.05) is 9.75 Å². The van der Waals surface area contributed by atoms with E-state index in [0.29, 0.717) is 19.5 Å². The molecule has 0 radical (unpaired) electrons. The number of fused-ring (bicyclic) bond motifs is 2. The van der Waals surface area contributed by atoms with Crippen LogP contribution in [0.3, 0.4) is 0 Å². The number of aryl methyl sites for hydroxylation is 2. The summed E-state index contributed by atoms with van der Waals surface area (Å²) in [5.74, 6) is -9.98. The molecule has 3 heterocycles. The summed E-state index contributed by atoms with van der Waals surface area (Å²) in [7, 11) is 0. The van der Waals surface area contributed by atoms with Crippen molar-refractivity contribution in [2.24, 2.45) is 0 Å². The molecule has 0 saturated carbocycles. The molecule has 0 amide bonds. The fraction of sp³-hybridized carbons (Fsp3) is 0.375. The first-order valence-corrected chi connectivity index (χ1v) is 18.3. The SMILES string of the molecule is CCCCCCc1cc(-c2sc(-c3cc(CCCCCC)c(Br)s3)c3c2C(=O)c2c(F)c(F)c(F)c(F)c2C3=O)sc1Br. The molecular formula is C32H28Br2F4O2S3. The summed E-state index contributed by atoms with van der Waals surface area (Å²) in [6.45, 7) is 4.28. The first-order valence-electron chi connectivity index (χ1n) is 14.3. The lowest BCUT2D eigenvalue weighted by molar-refractivity contribution is 0.0971. The fourth-order valence-electron chi connectivity index (χ4n) is 5.38. The van der Waals surface area contributed by atoms with Gasteiger partial charge in [-0.15, -0.1) is 34.0 Å². The van der Waals surface area contributed by atoms with Crippen LogP contribution < -0.4 is 0 Å². The molecular weight excluding hydrogens is 748 g/mol. The molecule has 1 aliphatic carbocycles. The average molecular weight is 777 g/mol. The lowest BCUT2D eigenvalue weighted by atomic mass is 9.83. The minimum atomic E-state index is -2.11. The third-order valence-corrected chi connectivity index (χ3v) is 13.1. The van der Waals surface area contributed by atoms with Crippen LogP contribution in [-0.4, -0.2) is 11.6 Å². The largest absolute Gasteiger partial charge is 0.288 e. The summed E-state index contributed by atoms with van der Waals surface area (Å²) < 4.78 is 60.5. The molecule has 0 spiro atoms. The number of hydrogen-bond donors (Lipinski definition) is 0. The standard InChI is InChI=1S/C32H28Br2F4O2S3/c1-3-5-7-9-11-15-13-17(41-31(15)33)29-21-22(28(40)20-19(27(21)39)23(35)25(37)26(38)24(20)36)30(43-29)18-14-16(32(34)42-18)12-10-8-6-4-2/h13-14H,3-12H2,1-2H3. The van der Waals surface area contributed by atoms with Crippen LogP contribution >= 0.6 is 65.9 Å². The molecule has 1 aliphatic rings. The molecule has 11 heteroatoms. The van der Waals surface area contributed by atoms with Crippen molar-refractivity contribution in [1.82, 2.24) is 0 Å². The Hall–Kier alpha value is -1.66. The summed E-state index contributed by atoms with van der Waals surface area (Å²) >= 11 is 11.2. The van der Waals surface area contributed by atoms with Gasteiger partial charge >= 0.3 is 0 Å². The van der Waals surface area contributed by atoms with E-state index in [1.54, 1.807) is 0 Å². The molecule has 0 aliphatic heterocycles. The Morgan fingerprint density at radius 1 is 0.558 bits per heavy atom. The van der Waals surface area contributed by atoms with E-state index in [2.05, 4.69) is 45.7 Å². The van der Waals surface area contributed by atoms with Gasteiger partial charge in [0.25, 0.3) is 0 Å². The van der Waals surface area contributed by atoms with E-state index < -0.39 is 46.0 Å². The van der Waals surface area contributed by atoms with Gasteiger partial charge in [-0.25, -0.2) is 17.6 Å². The zero-order chi connectivity index (χ0) is 31.0. The van der Waals surface area contributed by atoms with Crippen molar-refractivity contribution >= 4 is 77.4 Å². The second kappa shape index (κ2) is 13.8. The van der Waals surface area contributed by atoms with Gasteiger partial charge in [-0.05, 0) is 80.8 Å². The topological polar surface area (TPSA) is 34.1 Å². The normalized spacial score (nSPS) is 12.7. The lowest BCUT2D eigenvalue weighted by Crippen LogP contribution is -2.25. The summed E-state index contributed by atoms with van der Waals surface area (Å²) in [4.78, 5) is 30.0. The number of carbonyl (C=O) groups excluding carboxylic acids is 2. The van der Waals surface area contributed by atoms with E-state index in [1.807, 2.05) is 12.1 Å². The molecule has 0 N–H and O–H groups in total. The quantitative estimate of drug-likeness (QED) is 0.0547. The lowest BCUT2D eigenvalue weighted by Gasteiger charge is -2.18. The van der Waals surface area contributed by atoms with Crippen LogP contribution in [0.2, 0.25) is 0 Å². The van der Waals surface area contributed by atoms with E-state index >= 15 is 8.78 Å². The highest BCUT2D eigenvalue weighted by Crippen LogP contribution is 2.52. The minimum absolute atomic E-state index is 0.0953. The van der Waals surface area contributed by atoms with Gasteiger partial charge in [0.1, 0.15) is 0 Å². The molecule has 4 aromatic rings. The maximum atomic E-state index is 15.0. The summed E-state index contributed by atoms with van der Waals surface area (Å²) in [6, 6.07) is 3.91. The smallest absolute Gasteiger partial charge is 0.199 e. The van der Waals surface area contributed by atoms with Gasteiger partial charge in [0.15, 0.2) is 34.8 Å². The molecule has 0 unspecified atom stereocenters. The van der Waals surface area contributed by atoms with E-state index in [0.717, 1.165) is 82.9 Å². The van der Waals surface area contributed by atoms with Crippen molar-refractivity contribution in [2.75, 3.05) is 0 Å². The van der Waals surface area contributed by atoms with Gasteiger partial charge in [-0.2, -0.15) is 0 Å². The van der Waals surface area contributed by atoms with Crippen molar-refractivity contribution in [2.45, 2.75) is 78.1 Å². The number of carbonyl (C=O) groups is 2. The first-order chi connectivity index (χ1) is 20.6. The molecule has 3 aromatic heterocycles. The Labute approximate surface area is 276 Å². The van der Waals surface area contributed by atoms with Gasteiger partial charge < -0.3 is 0 Å². The Morgan fingerprint density at radius 3 is 1.33 bits per heavy atom. The summed E-state index contributed by atoms with van der Waals surface area (Å²) in [6.07, 6.45) is 10.2. The summed E-state index contributed by atoms with van der Waals surface area (Å²) in [5.41, 5.74) is -0.205. The maximum Gasteiger partial charge on any atom is 0.199 e. The van der Waals surface area contributed by atoms with Crippen molar-refractivity contribution in [1.29, 1.82) is 0 Å². The Balaban J connectivity index is 1.67. The number of unbranched alkanes of at least 4 members (excludes halogenated alkanes) is 6. The number of benzene rings is 1. The number of rotatable bonds is 12. The third kappa shape index (κ3) is 6.13. The van der Waals surface area contributed by atoms with E-state index in [-0.39, 0.29) is 11.1 Å². The predicted octanol–water partition coefficient (Wildman–Crippen LogP) is 12.3. The molecule has 0 bridgehead atoms. The van der Waals surface area contributed by atoms with Crippen molar-refractivity contribution in [3.63, 3.8) is 0 Å². The zero-order valence-electron chi connectivity index (χ0n) is 23.5. The van der Waals surface area contributed by atoms with E-state index in [4.69, 9.17) is 0 Å². The Kier molecular flexibility index (Phi) is 10.5. The molecule has 1 aromatic carbocycles. The fourth-order valence-corrected chi connectivity index (χ4v) is 10.4. The molecule has 228 valence electrons. The Morgan fingerprint density at radius 2 is 0.953 bits per heavy atom. The minimum Gasteiger partial charge on any atom is -0.288 e. The maximum absolute atomic E-state index is 15.0. The molecule has 5 rings (SSSR count). The van der Waals surface area contributed by atoms with E-state index in [9.17, 15) is 18.4 Å². The van der Waals surface area contributed by atoms with Crippen LogP contribution in [0.4, 0.5) is 17.6 Å².